The van der Waals surface area contributed by atoms with E-state index in [1.165, 1.54) is 40.7 Å². The minimum Gasteiger partial charge on any atom is -0.376 e. The maximum Gasteiger partial charge on any atom is 0.255 e. The Bertz CT molecular complexity index is 908. The number of rotatable bonds is 7. The molecule has 0 saturated carbocycles. The van der Waals surface area contributed by atoms with Crippen molar-refractivity contribution in [3.63, 3.8) is 0 Å². The monoisotopic (exact) mass is 393 g/mol. The van der Waals surface area contributed by atoms with Gasteiger partial charge in [-0.15, -0.1) is 0 Å². The fourth-order valence-corrected chi connectivity index (χ4v) is 4.14. The first-order valence-corrected chi connectivity index (χ1v) is 10.0. The number of nitrogens with zero attached hydrogens (tertiary/aromatic N) is 2. The van der Waals surface area contributed by atoms with Crippen molar-refractivity contribution < 1.29 is 17.6 Å². The highest BCUT2D eigenvalue weighted by Gasteiger charge is 2.21. The lowest BCUT2D eigenvalue weighted by Crippen LogP contribution is -2.30. The molecule has 0 aromatic heterocycles. The molecule has 0 aliphatic carbocycles. The van der Waals surface area contributed by atoms with Crippen molar-refractivity contribution >= 4 is 27.3 Å². The Kier molecular flexibility index (Phi) is 6.56. The molecule has 2 rings (SSSR count). The maximum atomic E-state index is 13.5. The van der Waals surface area contributed by atoms with E-state index in [1.807, 2.05) is 0 Å². The van der Waals surface area contributed by atoms with E-state index >= 15 is 0 Å². The van der Waals surface area contributed by atoms with Crippen LogP contribution in [0.3, 0.4) is 0 Å². The van der Waals surface area contributed by atoms with Gasteiger partial charge in [-0.2, -0.15) is 4.31 Å². The minimum atomic E-state index is -3.58. The molecular formula is C19H24FN3O3S. The number of halogens is 1. The average molecular weight is 393 g/mol. The zero-order valence-corrected chi connectivity index (χ0v) is 16.7. The predicted octanol–water partition coefficient (Wildman–Crippen LogP) is 3.17. The van der Waals surface area contributed by atoms with Crippen LogP contribution in [0, 0.1) is 5.82 Å². The van der Waals surface area contributed by atoms with E-state index < -0.39 is 21.7 Å². The second-order valence-corrected chi connectivity index (χ2v) is 8.06. The summed E-state index contributed by atoms with van der Waals surface area (Å²) in [6, 6.07) is 9.83. The molecule has 27 heavy (non-hydrogen) atoms. The van der Waals surface area contributed by atoms with Gasteiger partial charge in [0.1, 0.15) is 5.82 Å². The first-order valence-electron chi connectivity index (χ1n) is 8.59. The summed E-state index contributed by atoms with van der Waals surface area (Å²) in [5.74, 6) is -0.910. The Morgan fingerprint density at radius 3 is 2.15 bits per heavy atom. The first-order chi connectivity index (χ1) is 12.7. The largest absolute Gasteiger partial charge is 0.376 e. The summed E-state index contributed by atoms with van der Waals surface area (Å²) in [7, 11) is -0.00583. The number of nitrogens with one attached hydrogen (secondary N) is 1. The molecule has 0 spiro atoms. The number of anilines is 2. The van der Waals surface area contributed by atoms with Crippen LogP contribution in [-0.2, 0) is 10.0 Å². The molecule has 146 valence electrons. The molecule has 0 aliphatic heterocycles. The number of hydrogen-bond donors (Lipinski definition) is 1. The van der Waals surface area contributed by atoms with Crippen LogP contribution in [0.5, 0.6) is 0 Å². The lowest BCUT2D eigenvalue weighted by Gasteiger charge is -2.19. The molecule has 0 heterocycles. The number of carbonyl (C=O) groups excluding carboxylic acids is 1. The molecule has 0 bridgehead atoms. The molecule has 1 amide bonds. The fraction of sp³-hybridized carbons (Fsp3) is 0.316. The predicted molar refractivity (Wildman–Crippen MR) is 105 cm³/mol. The molecule has 6 nitrogen and oxygen atoms in total. The minimum absolute atomic E-state index is 0.127. The molecule has 8 heteroatoms. The van der Waals surface area contributed by atoms with Crippen LogP contribution in [0.2, 0.25) is 0 Å². The topological polar surface area (TPSA) is 69.7 Å². The summed E-state index contributed by atoms with van der Waals surface area (Å²) in [6.45, 7) is 4.27. The number of benzene rings is 2. The van der Waals surface area contributed by atoms with Gasteiger partial charge in [-0.3, -0.25) is 4.79 Å². The van der Waals surface area contributed by atoms with Gasteiger partial charge in [0.25, 0.3) is 5.91 Å². The third-order valence-corrected chi connectivity index (χ3v) is 6.21. The molecule has 0 saturated heterocycles. The van der Waals surface area contributed by atoms with Gasteiger partial charge in [0.05, 0.1) is 16.3 Å². The normalized spacial score (nSPS) is 11.5. The van der Waals surface area contributed by atoms with Crippen LogP contribution >= 0.6 is 0 Å². The Balaban J connectivity index is 2.26. The van der Waals surface area contributed by atoms with Gasteiger partial charge in [-0.1, -0.05) is 13.8 Å². The van der Waals surface area contributed by atoms with Crippen LogP contribution in [0.25, 0.3) is 0 Å². The van der Waals surface area contributed by atoms with E-state index in [0.717, 1.165) is 0 Å². The lowest BCUT2D eigenvalue weighted by molar-refractivity contribution is 0.102. The third kappa shape index (κ3) is 4.64. The van der Waals surface area contributed by atoms with Crippen molar-refractivity contribution in [1.82, 2.24) is 4.31 Å². The molecule has 0 aliphatic rings. The number of sulfonamides is 1. The fourth-order valence-electron chi connectivity index (χ4n) is 2.68. The van der Waals surface area contributed by atoms with Crippen molar-refractivity contribution in [1.29, 1.82) is 0 Å². The number of carbonyl (C=O) groups is 1. The lowest BCUT2D eigenvalue weighted by atomic mass is 10.2. The summed E-state index contributed by atoms with van der Waals surface area (Å²) in [5.41, 5.74) is 1.28. The summed E-state index contributed by atoms with van der Waals surface area (Å²) in [4.78, 5) is 14.4. The van der Waals surface area contributed by atoms with Gasteiger partial charge in [-0.05, 0) is 42.5 Å². The second-order valence-electron chi connectivity index (χ2n) is 6.12. The van der Waals surface area contributed by atoms with Gasteiger partial charge in [-0.25, -0.2) is 12.8 Å². The van der Waals surface area contributed by atoms with Gasteiger partial charge in [0, 0.05) is 32.7 Å². The Hall–Kier alpha value is -2.45. The summed E-state index contributed by atoms with van der Waals surface area (Å²) in [6.07, 6.45) is 0. The second kappa shape index (κ2) is 8.49. The van der Waals surface area contributed by atoms with Crippen LogP contribution in [0.1, 0.15) is 24.2 Å². The van der Waals surface area contributed by atoms with Crippen molar-refractivity contribution in [2.75, 3.05) is 37.4 Å². The summed E-state index contributed by atoms with van der Waals surface area (Å²) >= 11 is 0. The highest BCUT2D eigenvalue weighted by Crippen LogP contribution is 2.26. The zero-order chi connectivity index (χ0) is 20.2. The number of hydrogen-bond acceptors (Lipinski definition) is 4. The SMILES string of the molecule is CCN(CC)S(=O)(=O)c1ccc(C(=O)Nc2cc(F)ccc2N(C)C)cc1. The van der Waals surface area contributed by atoms with Crippen LogP contribution in [0.4, 0.5) is 15.8 Å². The van der Waals surface area contributed by atoms with E-state index in [0.29, 0.717) is 24.5 Å². The zero-order valence-electron chi connectivity index (χ0n) is 15.9. The molecule has 0 fully saturated rings. The van der Waals surface area contributed by atoms with Crippen LogP contribution in [-0.4, -0.2) is 45.8 Å². The molecule has 0 atom stereocenters. The van der Waals surface area contributed by atoms with Crippen LogP contribution < -0.4 is 10.2 Å². The average Bonchev–Trinajstić information content (AvgIpc) is 2.62. The van der Waals surface area contributed by atoms with Gasteiger partial charge >= 0.3 is 0 Å². The van der Waals surface area contributed by atoms with E-state index in [9.17, 15) is 17.6 Å². The molecule has 0 radical (unpaired) electrons. The summed E-state index contributed by atoms with van der Waals surface area (Å²) in [5, 5.41) is 2.67. The highest BCUT2D eigenvalue weighted by atomic mass is 32.2. The van der Waals surface area contributed by atoms with E-state index in [1.54, 1.807) is 38.9 Å². The van der Waals surface area contributed by atoms with E-state index in [-0.39, 0.29) is 10.5 Å². The number of amides is 1. The van der Waals surface area contributed by atoms with Crippen molar-refractivity contribution in [2.45, 2.75) is 18.7 Å². The summed E-state index contributed by atoms with van der Waals surface area (Å²) < 4.78 is 39.9. The van der Waals surface area contributed by atoms with Gasteiger partial charge in [0.2, 0.25) is 10.0 Å². The van der Waals surface area contributed by atoms with Crippen molar-refractivity contribution in [2.24, 2.45) is 0 Å². The van der Waals surface area contributed by atoms with E-state index in [2.05, 4.69) is 5.32 Å². The standard InChI is InChI=1S/C19H24FN3O3S/c1-5-23(6-2)27(25,26)16-10-7-14(8-11-16)19(24)21-17-13-15(20)9-12-18(17)22(3)4/h7-13H,5-6H2,1-4H3,(H,21,24). The maximum absolute atomic E-state index is 13.5. The smallest absolute Gasteiger partial charge is 0.255 e. The Morgan fingerprint density at radius 1 is 1.04 bits per heavy atom. The molecule has 2 aromatic carbocycles. The van der Waals surface area contributed by atoms with E-state index in [4.69, 9.17) is 0 Å². The first kappa shape index (κ1) is 20.9. The molecule has 1 N–H and O–H groups in total. The third-order valence-electron chi connectivity index (χ3n) is 4.15. The molecule has 0 unspecified atom stereocenters. The Labute approximate surface area is 159 Å². The van der Waals surface area contributed by atoms with Crippen molar-refractivity contribution in [3.8, 4) is 0 Å². The highest BCUT2D eigenvalue weighted by molar-refractivity contribution is 7.89. The molecule has 2 aromatic rings. The Morgan fingerprint density at radius 2 is 1.63 bits per heavy atom. The van der Waals surface area contributed by atoms with Gasteiger partial charge in [0.15, 0.2) is 0 Å². The quantitative estimate of drug-likeness (QED) is 0.784. The van der Waals surface area contributed by atoms with Crippen molar-refractivity contribution in [3.05, 3.63) is 53.8 Å². The molecular weight excluding hydrogens is 369 g/mol. The van der Waals surface area contributed by atoms with Gasteiger partial charge < -0.3 is 10.2 Å². The van der Waals surface area contributed by atoms with Crippen LogP contribution in [0.15, 0.2) is 47.4 Å².